The van der Waals surface area contributed by atoms with Crippen LogP contribution in [0, 0.1) is 0 Å². The maximum absolute atomic E-state index is 11.3. The number of aryl methyl sites for hydroxylation is 1. The molecule has 1 unspecified atom stereocenters. The molecule has 1 rings (SSSR count). The molecule has 0 aromatic carbocycles. The van der Waals surface area contributed by atoms with Crippen LogP contribution in [-0.4, -0.2) is 34.6 Å². The molecule has 0 fully saturated rings. The standard InChI is InChI=1S/C9H15N3O3/c1-12-5-6(7(10)3-4-13)8(11-12)9(14)15-2/h5,7,13H,3-4,10H2,1-2H3. The van der Waals surface area contributed by atoms with Crippen LogP contribution in [0.25, 0.3) is 0 Å². The summed E-state index contributed by atoms with van der Waals surface area (Å²) in [6.07, 6.45) is 2.04. The number of aliphatic hydroxyl groups excluding tert-OH is 1. The minimum absolute atomic E-state index is 0.0311. The van der Waals surface area contributed by atoms with Gasteiger partial charge in [0.1, 0.15) is 0 Å². The van der Waals surface area contributed by atoms with Gasteiger partial charge in [0.05, 0.1) is 7.11 Å². The number of carbonyl (C=O) groups excluding carboxylic acids is 1. The summed E-state index contributed by atoms with van der Waals surface area (Å²) in [6, 6.07) is -0.405. The van der Waals surface area contributed by atoms with Crippen molar-refractivity contribution < 1.29 is 14.6 Å². The lowest BCUT2D eigenvalue weighted by Crippen LogP contribution is -2.15. The van der Waals surface area contributed by atoms with Gasteiger partial charge < -0.3 is 15.6 Å². The van der Waals surface area contributed by atoms with E-state index in [1.807, 2.05) is 0 Å². The molecule has 1 atom stereocenters. The van der Waals surface area contributed by atoms with Gasteiger partial charge in [-0.1, -0.05) is 0 Å². The fraction of sp³-hybridized carbons (Fsp3) is 0.556. The molecule has 1 heterocycles. The van der Waals surface area contributed by atoms with E-state index in [-0.39, 0.29) is 12.3 Å². The molecule has 0 aliphatic carbocycles. The van der Waals surface area contributed by atoms with E-state index in [2.05, 4.69) is 9.84 Å². The summed E-state index contributed by atoms with van der Waals surface area (Å²) in [5, 5.41) is 12.7. The normalized spacial score (nSPS) is 12.5. The van der Waals surface area contributed by atoms with Crippen LogP contribution in [0.4, 0.5) is 0 Å². The summed E-state index contributed by atoms with van der Waals surface area (Å²) in [5.41, 5.74) is 6.60. The first-order valence-corrected chi connectivity index (χ1v) is 4.58. The fourth-order valence-corrected chi connectivity index (χ4v) is 1.33. The fourth-order valence-electron chi connectivity index (χ4n) is 1.33. The Morgan fingerprint density at radius 3 is 3.00 bits per heavy atom. The van der Waals surface area contributed by atoms with Crippen molar-refractivity contribution in [3.05, 3.63) is 17.5 Å². The Bertz CT molecular complexity index is 348. The lowest BCUT2D eigenvalue weighted by Gasteiger charge is -2.08. The monoisotopic (exact) mass is 213 g/mol. The quantitative estimate of drug-likeness (QED) is 0.663. The second kappa shape index (κ2) is 4.90. The number of nitrogens with two attached hydrogens (primary N) is 1. The Morgan fingerprint density at radius 2 is 2.47 bits per heavy atom. The highest BCUT2D eigenvalue weighted by molar-refractivity contribution is 5.88. The van der Waals surface area contributed by atoms with Crippen LogP contribution < -0.4 is 5.73 Å². The van der Waals surface area contributed by atoms with Crippen LogP contribution in [0.1, 0.15) is 28.5 Å². The molecule has 0 saturated carbocycles. The predicted molar refractivity (Wildman–Crippen MR) is 53.2 cm³/mol. The van der Waals surface area contributed by atoms with Gasteiger partial charge in [-0.15, -0.1) is 0 Å². The average Bonchev–Trinajstić information content (AvgIpc) is 2.59. The highest BCUT2D eigenvalue weighted by Crippen LogP contribution is 2.18. The SMILES string of the molecule is COC(=O)c1nn(C)cc1C(N)CCO. The summed E-state index contributed by atoms with van der Waals surface area (Å²) in [6.45, 7) is -0.0311. The summed E-state index contributed by atoms with van der Waals surface area (Å²) in [7, 11) is 2.99. The molecule has 6 heteroatoms. The third-order valence-corrected chi connectivity index (χ3v) is 2.08. The minimum Gasteiger partial charge on any atom is -0.464 e. The van der Waals surface area contributed by atoms with Gasteiger partial charge in [0.2, 0.25) is 0 Å². The van der Waals surface area contributed by atoms with Crippen molar-refractivity contribution in [3.63, 3.8) is 0 Å². The van der Waals surface area contributed by atoms with Gasteiger partial charge in [0.25, 0.3) is 0 Å². The minimum atomic E-state index is -0.515. The zero-order valence-electron chi connectivity index (χ0n) is 8.80. The van der Waals surface area contributed by atoms with Crippen LogP contribution in [0.15, 0.2) is 6.20 Å². The number of hydrogen-bond donors (Lipinski definition) is 2. The van der Waals surface area contributed by atoms with Gasteiger partial charge >= 0.3 is 5.97 Å². The molecule has 0 aliphatic rings. The van der Waals surface area contributed by atoms with Crippen molar-refractivity contribution >= 4 is 5.97 Å². The number of aliphatic hydroxyl groups is 1. The first-order valence-electron chi connectivity index (χ1n) is 4.58. The summed E-state index contributed by atoms with van der Waals surface area (Å²) in [4.78, 5) is 11.3. The van der Waals surface area contributed by atoms with E-state index >= 15 is 0 Å². The Morgan fingerprint density at radius 1 is 1.80 bits per heavy atom. The lowest BCUT2D eigenvalue weighted by molar-refractivity contribution is 0.0591. The number of aromatic nitrogens is 2. The van der Waals surface area contributed by atoms with E-state index in [1.54, 1.807) is 13.2 Å². The molecule has 15 heavy (non-hydrogen) atoms. The van der Waals surface area contributed by atoms with Crippen LogP contribution in [0.5, 0.6) is 0 Å². The van der Waals surface area contributed by atoms with Crippen molar-refractivity contribution in [1.82, 2.24) is 9.78 Å². The van der Waals surface area contributed by atoms with Gasteiger partial charge in [0, 0.05) is 31.5 Å². The molecule has 0 amide bonds. The highest BCUT2D eigenvalue weighted by Gasteiger charge is 2.20. The maximum atomic E-state index is 11.3. The molecular formula is C9H15N3O3. The van der Waals surface area contributed by atoms with Crippen molar-refractivity contribution in [2.24, 2.45) is 12.8 Å². The Kier molecular flexibility index (Phi) is 3.81. The number of nitrogens with zero attached hydrogens (tertiary/aromatic N) is 2. The molecule has 0 saturated heterocycles. The van der Waals surface area contributed by atoms with E-state index in [9.17, 15) is 4.79 Å². The summed E-state index contributed by atoms with van der Waals surface area (Å²) in [5.74, 6) is -0.515. The lowest BCUT2D eigenvalue weighted by atomic mass is 10.1. The predicted octanol–water partition coefficient (Wildman–Crippen LogP) is -0.411. The molecule has 1 aromatic heterocycles. The first kappa shape index (κ1) is 11.7. The number of methoxy groups -OCH3 is 1. The number of esters is 1. The van der Waals surface area contributed by atoms with Crippen molar-refractivity contribution in [2.75, 3.05) is 13.7 Å². The summed E-state index contributed by atoms with van der Waals surface area (Å²) < 4.78 is 6.08. The van der Waals surface area contributed by atoms with Gasteiger partial charge in [0.15, 0.2) is 5.69 Å². The molecule has 3 N–H and O–H groups in total. The van der Waals surface area contributed by atoms with Crippen molar-refractivity contribution in [1.29, 1.82) is 0 Å². The van der Waals surface area contributed by atoms with Crippen LogP contribution >= 0.6 is 0 Å². The van der Waals surface area contributed by atoms with Gasteiger partial charge in [-0.2, -0.15) is 5.10 Å². The third kappa shape index (κ3) is 2.54. The number of carbonyl (C=O) groups is 1. The Balaban J connectivity index is 3.00. The van der Waals surface area contributed by atoms with Gasteiger partial charge in [-0.05, 0) is 6.42 Å². The Hall–Kier alpha value is -1.40. The van der Waals surface area contributed by atoms with Gasteiger partial charge in [-0.3, -0.25) is 4.68 Å². The highest BCUT2D eigenvalue weighted by atomic mass is 16.5. The molecule has 6 nitrogen and oxygen atoms in total. The van der Waals surface area contributed by atoms with Crippen molar-refractivity contribution in [2.45, 2.75) is 12.5 Å². The average molecular weight is 213 g/mol. The number of ether oxygens (including phenoxy) is 1. The van der Waals surface area contributed by atoms with Crippen LogP contribution in [0.3, 0.4) is 0 Å². The van der Waals surface area contributed by atoms with E-state index in [0.717, 1.165) is 0 Å². The topological polar surface area (TPSA) is 90.4 Å². The van der Waals surface area contributed by atoms with Crippen LogP contribution in [0.2, 0.25) is 0 Å². The molecule has 0 bridgehead atoms. The first-order chi connectivity index (χ1) is 7.10. The second-order valence-electron chi connectivity index (χ2n) is 3.22. The second-order valence-corrected chi connectivity index (χ2v) is 3.22. The maximum Gasteiger partial charge on any atom is 0.358 e. The zero-order valence-corrected chi connectivity index (χ0v) is 8.80. The number of rotatable bonds is 4. The third-order valence-electron chi connectivity index (χ3n) is 2.08. The van der Waals surface area contributed by atoms with E-state index in [1.165, 1.54) is 11.8 Å². The van der Waals surface area contributed by atoms with Gasteiger partial charge in [-0.25, -0.2) is 4.79 Å². The molecule has 0 aliphatic heterocycles. The van der Waals surface area contributed by atoms with E-state index in [4.69, 9.17) is 10.8 Å². The van der Waals surface area contributed by atoms with Crippen molar-refractivity contribution in [3.8, 4) is 0 Å². The summed E-state index contributed by atoms with van der Waals surface area (Å²) >= 11 is 0. The largest absolute Gasteiger partial charge is 0.464 e. The molecule has 0 spiro atoms. The molecule has 84 valence electrons. The van der Waals surface area contributed by atoms with E-state index in [0.29, 0.717) is 12.0 Å². The number of hydrogen-bond acceptors (Lipinski definition) is 5. The molecule has 0 radical (unpaired) electrons. The smallest absolute Gasteiger partial charge is 0.358 e. The van der Waals surface area contributed by atoms with Crippen LogP contribution in [-0.2, 0) is 11.8 Å². The molecule has 1 aromatic rings. The molecular weight excluding hydrogens is 198 g/mol. The Labute approximate surface area is 87.6 Å². The van der Waals surface area contributed by atoms with E-state index < -0.39 is 12.0 Å². The zero-order chi connectivity index (χ0) is 11.4.